The topological polar surface area (TPSA) is 70.2 Å². The third-order valence-corrected chi connectivity index (χ3v) is 7.24. The van der Waals surface area contributed by atoms with Gasteiger partial charge in [-0.15, -0.1) is 0 Å². The Bertz CT molecular complexity index is 1160. The van der Waals surface area contributed by atoms with Crippen molar-refractivity contribution in [1.82, 2.24) is 15.3 Å². The summed E-state index contributed by atoms with van der Waals surface area (Å²) in [6.45, 7) is 0. The molecule has 0 atom stereocenters. The smallest absolute Gasteiger partial charge is 0.225 e. The van der Waals surface area contributed by atoms with Crippen LogP contribution >= 0.6 is 0 Å². The third kappa shape index (κ3) is 5.01. The highest BCUT2D eigenvalue weighted by Crippen LogP contribution is 2.29. The van der Waals surface area contributed by atoms with Crippen LogP contribution in [0.2, 0.25) is 0 Å². The van der Waals surface area contributed by atoms with Gasteiger partial charge in [0, 0.05) is 31.7 Å². The second-order valence-corrected chi connectivity index (χ2v) is 9.97. The average molecular weight is 458 g/mol. The number of carbonyl (C=O) groups excluding carboxylic acids is 1. The van der Waals surface area contributed by atoms with E-state index in [1.807, 2.05) is 18.2 Å². The van der Waals surface area contributed by atoms with Crippen LogP contribution in [0.15, 0.2) is 42.5 Å². The van der Waals surface area contributed by atoms with Crippen LogP contribution in [0.5, 0.6) is 0 Å². The van der Waals surface area contributed by atoms with E-state index in [4.69, 9.17) is 9.97 Å². The number of amides is 1. The molecule has 0 bridgehead atoms. The van der Waals surface area contributed by atoms with E-state index in [9.17, 15) is 4.79 Å². The Balaban J connectivity index is 1.16. The highest BCUT2D eigenvalue weighted by Gasteiger charge is 2.25. The predicted molar refractivity (Wildman–Crippen MR) is 138 cm³/mol. The van der Waals surface area contributed by atoms with Gasteiger partial charge in [-0.2, -0.15) is 4.98 Å². The van der Waals surface area contributed by atoms with Crippen molar-refractivity contribution >= 4 is 28.4 Å². The largest absolute Gasteiger partial charge is 0.362 e. The zero-order valence-corrected chi connectivity index (χ0v) is 20.3. The molecule has 1 amide bonds. The zero-order valence-electron chi connectivity index (χ0n) is 20.3. The Morgan fingerprint density at radius 3 is 2.50 bits per heavy atom. The molecule has 5 rings (SSSR count). The maximum Gasteiger partial charge on any atom is 0.225 e. The van der Waals surface area contributed by atoms with Gasteiger partial charge in [0.15, 0.2) is 0 Å². The van der Waals surface area contributed by atoms with Gasteiger partial charge >= 0.3 is 0 Å². The lowest BCUT2D eigenvalue weighted by Crippen LogP contribution is -2.41. The van der Waals surface area contributed by atoms with Crippen molar-refractivity contribution in [2.45, 2.75) is 69.9 Å². The van der Waals surface area contributed by atoms with Crippen molar-refractivity contribution in [2.75, 3.05) is 24.3 Å². The van der Waals surface area contributed by atoms with Crippen molar-refractivity contribution in [3.63, 3.8) is 0 Å². The molecule has 0 saturated heterocycles. The van der Waals surface area contributed by atoms with E-state index in [0.717, 1.165) is 61.2 Å². The van der Waals surface area contributed by atoms with Crippen LogP contribution < -0.4 is 15.5 Å². The van der Waals surface area contributed by atoms with Gasteiger partial charge in [-0.25, -0.2) is 4.98 Å². The molecule has 3 aromatic rings. The summed E-state index contributed by atoms with van der Waals surface area (Å²) in [6.07, 6.45) is 8.95. The monoisotopic (exact) mass is 457 g/mol. The van der Waals surface area contributed by atoms with Gasteiger partial charge < -0.3 is 15.5 Å². The van der Waals surface area contributed by atoms with Crippen LogP contribution in [-0.2, 0) is 24.1 Å². The number of benzene rings is 2. The first-order chi connectivity index (χ1) is 16.6. The van der Waals surface area contributed by atoms with E-state index >= 15 is 0 Å². The molecule has 2 aromatic carbocycles. The lowest BCUT2D eigenvalue weighted by atomic mass is 9.91. The molecule has 1 saturated carbocycles. The number of fused-ring (bicyclic) bond motifs is 2. The summed E-state index contributed by atoms with van der Waals surface area (Å²) in [7, 11) is 4.13. The minimum Gasteiger partial charge on any atom is -0.362 e. The Hall–Kier alpha value is -3.15. The predicted octanol–water partition coefficient (Wildman–Crippen LogP) is 4.66. The molecule has 2 aliphatic carbocycles. The third-order valence-electron chi connectivity index (χ3n) is 7.24. The number of hydrogen-bond acceptors (Lipinski definition) is 5. The van der Waals surface area contributed by atoms with Gasteiger partial charge in [-0.3, -0.25) is 4.79 Å². The van der Waals surface area contributed by atoms with Crippen molar-refractivity contribution < 1.29 is 4.79 Å². The summed E-state index contributed by atoms with van der Waals surface area (Å²) in [5.41, 5.74) is 3.62. The van der Waals surface area contributed by atoms with E-state index in [0.29, 0.717) is 12.5 Å². The van der Waals surface area contributed by atoms with E-state index in [2.05, 4.69) is 53.9 Å². The molecule has 6 nitrogen and oxygen atoms in total. The lowest BCUT2D eigenvalue weighted by molar-refractivity contribution is -0.121. The number of hydrogen-bond donors (Lipinski definition) is 2. The summed E-state index contributed by atoms with van der Waals surface area (Å²) in [5, 5.41) is 9.22. The number of nitrogens with zero attached hydrogens (tertiary/aromatic N) is 3. The number of rotatable bonds is 6. The standard InChI is InChI=1S/C28H35N5O/c1-33(2)27-24-12-5-6-13-25(24)31-28(32-27)30-22-16-14-21(15-17-22)29-26(34)18-20-10-7-9-19-8-3-4-11-23(19)20/h3-4,7-11,21-22H,5-6,12-18H2,1-2H3,(H,29,34)(H,30,31,32)/t21-,22+. The summed E-state index contributed by atoms with van der Waals surface area (Å²) in [6, 6.07) is 15.0. The molecule has 178 valence electrons. The minimum atomic E-state index is 0.112. The van der Waals surface area contributed by atoms with Gasteiger partial charge in [0.1, 0.15) is 5.82 Å². The number of aryl methyl sites for hydroxylation is 1. The SMILES string of the molecule is CN(C)c1nc(N[C@H]2CC[C@@H](NC(=O)Cc3cccc4ccccc34)CC2)nc2c1CCCC2. The van der Waals surface area contributed by atoms with Crippen LogP contribution in [0, 0.1) is 0 Å². The summed E-state index contributed by atoms with van der Waals surface area (Å²) < 4.78 is 0. The van der Waals surface area contributed by atoms with Crippen molar-refractivity contribution in [3.8, 4) is 0 Å². The normalized spacial score (nSPS) is 19.9. The Labute approximate surface area is 202 Å². The highest BCUT2D eigenvalue weighted by atomic mass is 16.1. The minimum absolute atomic E-state index is 0.112. The van der Waals surface area contributed by atoms with E-state index < -0.39 is 0 Å². The summed E-state index contributed by atoms with van der Waals surface area (Å²) >= 11 is 0. The van der Waals surface area contributed by atoms with Crippen molar-refractivity contribution in [1.29, 1.82) is 0 Å². The molecular weight excluding hydrogens is 422 g/mol. The van der Waals surface area contributed by atoms with E-state index in [1.54, 1.807) is 0 Å². The molecule has 0 unspecified atom stereocenters. The van der Waals surface area contributed by atoms with Gasteiger partial charge in [0.2, 0.25) is 11.9 Å². The molecule has 34 heavy (non-hydrogen) atoms. The number of aromatic nitrogens is 2. The Morgan fingerprint density at radius 1 is 0.941 bits per heavy atom. The molecule has 2 N–H and O–H groups in total. The first-order valence-electron chi connectivity index (χ1n) is 12.7. The van der Waals surface area contributed by atoms with E-state index in [-0.39, 0.29) is 11.9 Å². The molecule has 1 fully saturated rings. The van der Waals surface area contributed by atoms with Gasteiger partial charge in [0.25, 0.3) is 0 Å². The van der Waals surface area contributed by atoms with Crippen LogP contribution in [0.3, 0.4) is 0 Å². The number of anilines is 2. The fraction of sp³-hybridized carbons (Fsp3) is 0.464. The number of nitrogens with one attached hydrogen (secondary N) is 2. The van der Waals surface area contributed by atoms with Crippen LogP contribution in [0.1, 0.15) is 55.3 Å². The summed E-state index contributed by atoms with van der Waals surface area (Å²) in [4.78, 5) is 24.6. The van der Waals surface area contributed by atoms with Crippen LogP contribution in [-0.4, -0.2) is 42.1 Å². The van der Waals surface area contributed by atoms with E-state index in [1.165, 1.54) is 29.5 Å². The molecule has 0 aliphatic heterocycles. The molecule has 1 heterocycles. The van der Waals surface area contributed by atoms with Crippen molar-refractivity contribution in [3.05, 3.63) is 59.3 Å². The Morgan fingerprint density at radius 2 is 1.68 bits per heavy atom. The first kappa shape index (κ1) is 22.6. The summed E-state index contributed by atoms with van der Waals surface area (Å²) in [5.74, 6) is 1.93. The van der Waals surface area contributed by atoms with Crippen LogP contribution in [0.4, 0.5) is 11.8 Å². The average Bonchev–Trinajstić information content (AvgIpc) is 2.85. The Kier molecular flexibility index (Phi) is 6.66. The van der Waals surface area contributed by atoms with Crippen LogP contribution in [0.25, 0.3) is 10.8 Å². The lowest BCUT2D eigenvalue weighted by Gasteiger charge is -2.30. The zero-order chi connectivity index (χ0) is 23.5. The molecule has 0 radical (unpaired) electrons. The molecule has 6 heteroatoms. The maximum absolute atomic E-state index is 12.8. The molecule has 1 aromatic heterocycles. The quantitative estimate of drug-likeness (QED) is 0.564. The molecule has 0 spiro atoms. The van der Waals surface area contributed by atoms with Crippen molar-refractivity contribution in [2.24, 2.45) is 0 Å². The van der Waals surface area contributed by atoms with Gasteiger partial charge in [0.05, 0.1) is 12.1 Å². The second kappa shape index (κ2) is 10.00. The first-order valence-corrected chi connectivity index (χ1v) is 12.7. The maximum atomic E-state index is 12.8. The number of carbonyl (C=O) groups is 1. The fourth-order valence-corrected chi connectivity index (χ4v) is 5.47. The van der Waals surface area contributed by atoms with Gasteiger partial charge in [-0.1, -0.05) is 42.5 Å². The fourth-order valence-electron chi connectivity index (χ4n) is 5.47. The highest BCUT2D eigenvalue weighted by molar-refractivity contribution is 5.90. The second-order valence-electron chi connectivity index (χ2n) is 9.97. The molecular formula is C28H35N5O. The van der Waals surface area contributed by atoms with Gasteiger partial charge in [-0.05, 0) is 67.7 Å². The molecule has 2 aliphatic rings.